The molecule has 0 N–H and O–H groups in total. The molecule has 0 aliphatic heterocycles. The van der Waals surface area contributed by atoms with Crippen molar-refractivity contribution < 1.29 is 9.53 Å². The van der Waals surface area contributed by atoms with Crippen LogP contribution in [-0.2, 0) is 0 Å². The van der Waals surface area contributed by atoms with Crippen LogP contribution in [0.4, 0.5) is 0 Å². The van der Waals surface area contributed by atoms with Crippen molar-refractivity contribution in [3.63, 3.8) is 0 Å². The molecule has 1 aromatic rings. The summed E-state index contributed by atoms with van der Waals surface area (Å²) < 4.78 is 5.70. The van der Waals surface area contributed by atoms with Crippen LogP contribution in [0.5, 0.6) is 5.75 Å². The Kier molecular flexibility index (Phi) is 3.12. The highest BCUT2D eigenvalue weighted by Crippen LogP contribution is 2.30. The van der Waals surface area contributed by atoms with Gasteiger partial charge in [-0.15, -0.1) is 0 Å². The van der Waals surface area contributed by atoms with E-state index < -0.39 is 0 Å². The first-order chi connectivity index (χ1) is 5.69. The van der Waals surface area contributed by atoms with Crippen LogP contribution in [0, 0.1) is 0 Å². The second kappa shape index (κ2) is 3.92. The summed E-state index contributed by atoms with van der Waals surface area (Å²) >= 11 is 9.02. The maximum Gasteiger partial charge on any atom is 0.153 e. The van der Waals surface area contributed by atoms with Crippen molar-refractivity contribution in [3.05, 3.63) is 27.2 Å². The van der Waals surface area contributed by atoms with Crippen molar-refractivity contribution >= 4 is 33.8 Å². The van der Waals surface area contributed by atoms with E-state index in [1.807, 2.05) is 0 Å². The third-order valence-electron chi connectivity index (χ3n) is 1.37. The van der Waals surface area contributed by atoms with Crippen LogP contribution in [0.2, 0.25) is 5.02 Å². The molecule has 0 bridgehead atoms. The molecular formula is C8H6BrClO2. The van der Waals surface area contributed by atoms with Crippen LogP contribution in [0.1, 0.15) is 10.4 Å². The Morgan fingerprint density at radius 2 is 2.25 bits per heavy atom. The minimum absolute atomic E-state index is 0.412. The number of hydrogen-bond donors (Lipinski definition) is 0. The smallest absolute Gasteiger partial charge is 0.153 e. The lowest BCUT2D eigenvalue weighted by Crippen LogP contribution is -1.91. The summed E-state index contributed by atoms with van der Waals surface area (Å²) in [5.74, 6) is 0.412. The fourth-order valence-corrected chi connectivity index (χ4v) is 1.79. The summed E-state index contributed by atoms with van der Waals surface area (Å²) in [6.07, 6.45) is 0.704. The molecule has 4 heteroatoms. The van der Waals surface area contributed by atoms with E-state index in [9.17, 15) is 4.79 Å². The van der Waals surface area contributed by atoms with Gasteiger partial charge in [0.05, 0.1) is 17.7 Å². The Labute approximate surface area is 83.6 Å². The number of hydrogen-bond acceptors (Lipinski definition) is 2. The van der Waals surface area contributed by atoms with E-state index in [-0.39, 0.29) is 0 Å². The SMILES string of the molecule is COc1c(Cl)cc(Br)cc1C=O. The van der Waals surface area contributed by atoms with Crippen LogP contribution in [-0.4, -0.2) is 13.4 Å². The van der Waals surface area contributed by atoms with Gasteiger partial charge in [0.25, 0.3) is 0 Å². The number of aldehydes is 1. The van der Waals surface area contributed by atoms with Crippen molar-refractivity contribution in [1.82, 2.24) is 0 Å². The average Bonchev–Trinajstić information content (AvgIpc) is 2.03. The number of carbonyl (C=O) groups is 1. The summed E-state index contributed by atoms with van der Waals surface area (Å²) in [6, 6.07) is 3.32. The topological polar surface area (TPSA) is 26.3 Å². The predicted molar refractivity (Wildman–Crippen MR) is 51.1 cm³/mol. The Balaban J connectivity index is 3.33. The molecule has 0 fully saturated rings. The highest BCUT2D eigenvalue weighted by molar-refractivity contribution is 9.10. The van der Waals surface area contributed by atoms with Gasteiger partial charge in [-0.05, 0) is 12.1 Å². The lowest BCUT2D eigenvalue weighted by Gasteiger charge is -2.05. The van der Waals surface area contributed by atoms with Crippen LogP contribution >= 0.6 is 27.5 Å². The highest BCUT2D eigenvalue weighted by Gasteiger charge is 2.07. The van der Waals surface area contributed by atoms with E-state index in [1.165, 1.54) is 7.11 Å². The van der Waals surface area contributed by atoms with Gasteiger partial charge >= 0.3 is 0 Å². The van der Waals surface area contributed by atoms with Gasteiger partial charge in [0.1, 0.15) is 5.75 Å². The van der Waals surface area contributed by atoms with E-state index in [2.05, 4.69) is 15.9 Å². The standard InChI is InChI=1S/C8H6BrClO2/c1-12-8-5(4-11)2-6(9)3-7(8)10/h2-4H,1H3. The third kappa shape index (κ3) is 1.79. The number of methoxy groups -OCH3 is 1. The number of benzene rings is 1. The quantitative estimate of drug-likeness (QED) is 0.753. The summed E-state index contributed by atoms with van der Waals surface area (Å²) in [4.78, 5) is 10.5. The molecule has 0 saturated heterocycles. The van der Waals surface area contributed by atoms with Crippen LogP contribution in [0.3, 0.4) is 0 Å². The number of rotatable bonds is 2. The van der Waals surface area contributed by atoms with Gasteiger partial charge in [0, 0.05) is 4.47 Å². The van der Waals surface area contributed by atoms with Gasteiger partial charge < -0.3 is 4.74 Å². The second-order valence-electron chi connectivity index (χ2n) is 2.13. The highest BCUT2D eigenvalue weighted by atomic mass is 79.9. The van der Waals surface area contributed by atoms with E-state index in [1.54, 1.807) is 12.1 Å². The Bertz CT molecular complexity index is 312. The van der Waals surface area contributed by atoms with Crippen molar-refractivity contribution in [1.29, 1.82) is 0 Å². The zero-order chi connectivity index (χ0) is 9.14. The number of ether oxygens (including phenoxy) is 1. The van der Waals surface area contributed by atoms with Gasteiger partial charge in [-0.2, -0.15) is 0 Å². The van der Waals surface area contributed by atoms with Gasteiger partial charge in [-0.25, -0.2) is 0 Å². The Morgan fingerprint density at radius 1 is 1.58 bits per heavy atom. The van der Waals surface area contributed by atoms with E-state index in [4.69, 9.17) is 16.3 Å². The minimum atomic E-state index is 0.412. The van der Waals surface area contributed by atoms with Gasteiger partial charge in [-0.3, -0.25) is 4.79 Å². The molecule has 1 aromatic carbocycles. The first-order valence-electron chi connectivity index (χ1n) is 3.17. The zero-order valence-corrected chi connectivity index (χ0v) is 8.65. The summed E-state index contributed by atoms with van der Waals surface area (Å²) in [5, 5.41) is 0.425. The van der Waals surface area contributed by atoms with Crippen LogP contribution in [0.15, 0.2) is 16.6 Å². The molecule has 0 spiro atoms. The molecular weight excluding hydrogens is 243 g/mol. The van der Waals surface area contributed by atoms with Gasteiger partial charge in [0.2, 0.25) is 0 Å². The Hall–Kier alpha value is -0.540. The first-order valence-corrected chi connectivity index (χ1v) is 4.34. The monoisotopic (exact) mass is 248 g/mol. The van der Waals surface area contributed by atoms with Crippen molar-refractivity contribution in [3.8, 4) is 5.75 Å². The first kappa shape index (κ1) is 9.55. The molecule has 12 heavy (non-hydrogen) atoms. The molecule has 64 valence electrons. The normalized spacial score (nSPS) is 9.58. The maximum atomic E-state index is 10.5. The largest absolute Gasteiger partial charge is 0.494 e. The van der Waals surface area contributed by atoms with E-state index >= 15 is 0 Å². The second-order valence-corrected chi connectivity index (χ2v) is 3.45. The van der Waals surface area contributed by atoms with Crippen molar-refractivity contribution in [2.24, 2.45) is 0 Å². The van der Waals surface area contributed by atoms with E-state index in [0.717, 1.165) is 4.47 Å². The zero-order valence-electron chi connectivity index (χ0n) is 6.30. The Morgan fingerprint density at radius 3 is 2.75 bits per heavy atom. The molecule has 0 aromatic heterocycles. The third-order valence-corrected chi connectivity index (χ3v) is 2.11. The fourth-order valence-electron chi connectivity index (χ4n) is 0.883. The molecule has 0 aliphatic carbocycles. The fraction of sp³-hybridized carbons (Fsp3) is 0.125. The summed E-state index contributed by atoms with van der Waals surface area (Å²) in [5.41, 5.74) is 0.442. The lowest BCUT2D eigenvalue weighted by atomic mass is 10.2. The minimum Gasteiger partial charge on any atom is -0.494 e. The predicted octanol–water partition coefficient (Wildman–Crippen LogP) is 2.92. The molecule has 0 saturated carbocycles. The van der Waals surface area contributed by atoms with Crippen molar-refractivity contribution in [2.45, 2.75) is 0 Å². The molecule has 0 unspecified atom stereocenters. The van der Waals surface area contributed by atoms with Crippen molar-refractivity contribution in [2.75, 3.05) is 7.11 Å². The molecule has 0 amide bonds. The summed E-state index contributed by atoms with van der Waals surface area (Å²) in [6.45, 7) is 0. The number of halogens is 2. The molecule has 2 nitrogen and oxygen atoms in total. The molecule has 1 rings (SSSR count). The average molecular weight is 249 g/mol. The van der Waals surface area contributed by atoms with Gasteiger partial charge in [0.15, 0.2) is 6.29 Å². The van der Waals surface area contributed by atoms with E-state index in [0.29, 0.717) is 22.6 Å². The molecule has 0 aliphatic rings. The molecule has 0 heterocycles. The van der Waals surface area contributed by atoms with Crippen LogP contribution < -0.4 is 4.74 Å². The molecule has 0 atom stereocenters. The van der Waals surface area contributed by atoms with Crippen LogP contribution in [0.25, 0.3) is 0 Å². The lowest BCUT2D eigenvalue weighted by molar-refractivity contribution is 0.112. The molecule has 0 radical (unpaired) electrons. The summed E-state index contributed by atoms with van der Waals surface area (Å²) in [7, 11) is 1.47. The van der Waals surface area contributed by atoms with Gasteiger partial charge in [-0.1, -0.05) is 27.5 Å². The maximum absolute atomic E-state index is 10.5. The number of carbonyl (C=O) groups excluding carboxylic acids is 1.